The standard InChI is InChI=1S/C12H13ClN2/c1-8-4-11(5-8)15-10-3-2-9(7-14)12(13)6-10/h2-3,6,8,11,15H,4-5H2,1H3. The van der Waals surface area contributed by atoms with Gasteiger partial charge in [0.2, 0.25) is 0 Å². The van der Waals surface area contributed by atoms with Crippen LogP contribution in [0.2, 0.25) is 5.02 Å². The third-order valence-corrected chi connectivity index (χ3v) is 3.15. The fourth-order valence-corrected chi connectivity index (χ4v) is 2.17. The van der Waals surface area contributed by atoms with E-state index >= 15 is 0 Å². The Morgan fingerprint density at radius 2 is 2.20 bits per heavy atom. The van der Waals surface area contributed by atoms with E-state index in [-0.39, 0.29) is 0 Å². The zero-order chi connectivity index (χ0) is 10.8. The number of rotatable bonds is 2. The first-order valence-electron chi connectivity index (χ1n) is 5.15. The molecule has 0 radical (unpaired) electrons. The molecule has 2 rings (SSSR count). The average molecular weight is 221 g/mol. The second-order valence-electron chi connectivity index (χ2n) is 4.22. The van der Waals surface area contributed by atoms with Crippen molar-refractivity contribution in [1.29, 1.82) is 5.26 Å². The fourth-order valence-electron chi connectivity index (χ4n) is 1.95. The van der Waals surface area contributed by atoms with Crippen molar-refractivity contribution in [1.82, 2.24) is 0 Å². The van der Waals surface area contributed by atoms with Gasteiger partial charge in [0.15, 0.2) is 0 Å². The van der Waals surface area contributed by atoms with Crippen LogP contribution in [0.1, 0.15) is 25.3 Å². The molecule has 0 unspecified atom stereocenters. The molecule has 78 valence electrons. The minimum absolute atomic E-state index is 0.523. The van der Waals surface area contributed by atoms with Crippen molar-refractivity contribution >= 4 is 17.3 Å². The third-order valence-electron chi connectivity index (χ3n) is 2.83. The zero-order valence-electron chi connectivity index (χ0n) is 8.63. The number of nitriles is 1. The molecular formula is C12H13ClN2. The lowest BCUT2D eigenvalue weighted by molar-refractivity contribution is 0.309. The van der Waals surface area contributed by atoms with Crippen LogP contribution < -0.4 is 5.32 Å². The van der Waals surface area contributed by atoms with Gasteiger partial charge < -0.3 is 5.32 Å². The number of halogens is 1. The van der Waals surface area contributed by atoms with Crippen LogP contribution in [-0.4, -0.2) is 6.04 Å². The molecule has 3 heteroatoms. The molecule has 0 aliphatic heterocycles. The molecule has 1 fully saturated rings. The van der Waals surface area contributed by atoms with Gasteiger partial charge in [0, 0.05) is 11.7 Å². The van der Waals surface area contributed by atoms with Gasteiger partial charge in [0.1, 0.15) is 6.07 Å². The number of hydrogen-bond donors (Lipinski definition) is 1. The molecule has 0 spiro atoms. The van der Waals surface area contributed by atoms with Crippen molar-refractivity contribution in [2.75, 3.05) is 5.32 Å². The third kappa shape index (κ3) is 2.24. The number of hydrogen-bond acceptors (Lipinski definition) is 2. The summed E-state index contributed by atoms with van der Waals surface area (Å²) in [5.74, 6) is 0.830. The first-order valence-corrected chi connectivity index (χ1v) is 5.53. The van der Waals surface area contributed by atoms with Gasteiger partial charge in [-0.05, 0) is 37.0 Å². The van der Waals surface area contributed by atoms with E-state index in [1.54, 1.807) is 6.07 Å². The predicted molar refractivity (Wildman–Crippen MR) is 62.0 cm³/mol. The van der Waals surface area contributed by atoms with E-state index < -0.39 is 0 Å². The molecule has 0 aromatic heterocycles. The normalized spacial score (nSPS) is 24.1. The maximum atomic E-state index is 8.73. The minimum Gasteiger partial charge on any atom is -0.382 e. The van der Waals surface area contributed by atoms with Crippen LogP contribution in [0.4, 0.5) is 5.69 Å². The Morgan fingerprint density at radius 3 is 2.73 bits per heavy atom. The Labute approximate surface area is 94.9 Å². The monoisotopic (exact) mass is 220 g/mol. The lowest BCUT2D eigenvalue weighted by atomic mass is 9.82. The van der Waals surface area contributed by atoms with E-state index in [2.05, 4.69) is 18.3 Å². The van der Waals surface area contributed by atoms with Gasteiger partial charge in [-0.1, -0.05) is 18.5 Å². The Balaban J connectivity index is 2.04. The van der Waals surface area contributed by atoms with Crippen LogP contribution in [0.3, 0.4) is 0 Å². The highest BCUT2D eigenvalue weighted by atomic mass is 35.5. The summed E-state index contributed by atoms with van der Waals surface area (Å²) in [5, 5.41) is 12.7. The summed E-state index contributed by atoms with van der Waals surface area (Å²) in [6.07, 6.45) is 2.44. The molecule has 2 nitrogen and oxygen atoms in total. The summed E-state index contributed by atoms with van der Waals surface area (Å²) in [6.45, 7) is 2.25. The van der Waals surface area contributed by atoms with Gasteiger partial charge in [-0.3, -0.25) is 0 Å². The predicted octanol–water partition coefficient (Wildman–Crippen LogP) is 3.42. The number of anilines is 1. The van der Waals surface area contributed by atoms with Crippen molar-refractivity contribution in [3.05, 3.63) is 28.8 Å². The van der Waals surface area contributed by atoms with E-state index in [0.717, 1.165) is 11.6 Å². The van der Waals surface area contributed by atoms with Crippen LogP contribution in [-0.2, 0) is 0 Å². The lowest BCUT2D eigenvalue weighted by Crippen LogP contribution is -2.33. The minimum atomic E-state index is 0.523. The smallest absolute Gasteiger partial charge is 0.101 e. The molecule has 1 aliphatic rings. The fraction of sp³-hybridized carbons (Fsp3) is 0.417. The summed E-state index contributed by atoms with van der Waals surface area (Å²) in [4.78, 5) is 0. The van der Waals surface area contributed by atoms with Crippen LogP contribution in [0.15, 0.2) is 18.2 Å². The highest BCUT2D eigenvalue weighted by Gasteiger charge is 2.24. The van der Waals surface area contributed by atoms with Gasteiger partial charge in [-0.15, -0.1) is 0 Å². The highest BCUT2D eigenvalue weighted by Crippen LogP contribution is 2.30. The maximum Gasteiger partial charge on any atom is 0.101 e. The summed E-state index contributed by atoms with van der Waals surface area (Å²) in [6, 6.07) is 8.11. The van der Waals surface area contributed by atoms with Gasteiger partial charge in [0.25, 0.3) is 0 Å². The SMILES string of the molecule is CC1CC(Nc2ccc(C#N)c(Cl)c2)C1. The topological polar surface area (TPSA) is 35.8 Å². The lowest BCUT2D eigenvalue weighted by Gasteiger charge is -2.34. The first kappa shape index (κ1) is 10.3. The molecule has 0 atom stereocenters. The van der Waals surface area contributed by atoms with E-state index in [0.29, 0.717) is 16.6 Å². The van der Waals surface area contributed by atoms with Crippen molar-refractivity contribution in [2.45, 2.75) is 25.8 Å². The summed E-state index contributed by atoms with van der Waals surface area (Å²) >= 11 is 5.94. The summed E-state index contributed by atoms with van der Waals surface area (Å²) in [5.41, 5.74) is 1.54. The van der Waals surface area contributed by atoms with Gasteiger partial charge in [-0.2, -0.15) is 5.26 Å². The molecule has 0 amide bonds. The second kappa shape index (κ2) is 4.12. The molecule has 1 aromatic carbocycles. The first-order chi connectivity index (χ1) is 7.19. The van der Waals surface area contributed by atoms with Crippen molar-refractivity contribution in [3.8, 4) is 6.07 Å². The molecule has 0 saturated heterocycles. The molecule has 1 aromatic rings. The van der Waals surface area contributed by atoms with E-state index in [1.807, 2.05) is 12.1 Å². The number of nitrogens with zero attached hydrogens (tertiary/aromatic N) is 1. The van der Waals surface area contributed by atoms with E-state index in [4.69, 9.17) is 16.9 Å². The van der Waals surface area contributed by atoms with E-state index in [9.17, 15) is 0 Å². The zero-order valence-corrected chi connectivity index (χ0v) is 9.38. The van der Waals surface area contributed by atoms with Gasteiger partial charge in [0.05, 0.1) is 10.6 Å². The van der Waals surface area contributed by atoms with Crippen LogP contribution in [0.25, 0.3) is 0 Å². The Hall–Kier alpha value is -1.20. The van der Waals surface area contributed by atoms with Crippen LogP contribution in [0.5, 0.6) is 0 Å². The van der Waals surface area contributed by atoms with Crippen LogP contribution >= 0.6 is 11.6 Å². The highest BCUT2D eigenvalue weighted by molar-refractivity contribution is 6.32. The molecule has 0 heterocycles. The Kier molecular flexibility index (Phi) is 2.83. The molecule has 1 N–H and O–H groups in total. The van der Waals surface area contributed by atoms with Crippen molar-refractivity contribution in [3.63, 3.8) is 0 Å². The van der Waals surface area contributed by atoms with Crippen molar-refractivity contribution in [2.24, 2.45) is 5.92 Å². The van der Waals surface area contributed by atoms with Crippen LogP contribution in [0, 0.1) is 17.2 Å². The number of nitrogens with one attached hydrogen (secondary N) is 1. The maximum absolute atomic E-state index is 8.73. The summed E-state index contributed by atoms with van der Waals surface area (Å²) < 4.78 is 0. The molecule has 1 saturated carbocycles. The summed E-state index contributed by atoms with van der Waals surface area (Å²) in [7, 11) is 0. The molecule has 1 aliphatic carbocycles. The Morgan fingerprint density at radius 1 is 1.47 bits per heavy atom. The van der Waals surface area contributed by atoms with Crippen molar-refractivity contribution < 1.29 is 0 Å². The molecule has 15 heavy (non-hydrogen) atoms. The van der Waals surface area contributed by atoms with Gasteiger partial charge >= 0.3 is 0 Å². The molecular weight excluding hydrogens is 208 g/mol. The number of benzene rings is 1. The quantitative estimate of drug-likeness (QED) is 0.829. The van der Waals surface area contributed by atoms with Gasteiger partial charge in [-0.25, -0.2) is 0 Å². The second-order valence-corrected chi connectivity index (χ2v) is 4.63. The van der Waals surface area contributed by atoms with E-state index in [1.165, 1.54) is 12.8 Å². The molecule has 0 bridgehead atoms. The average Bonchev–Trinajstić information content (AvgIpc) is 2.16. The largest absolute Gasteiger partial charge is 0.382 e. The Bertz CT molecular complexity index is 403.